The molecule has 0 atom stereocenters. The van der Waals surface area contributed by atoms with Gasteiger partial charge in [0.1, 0.15) is 17.9 Å². The third-order valence-electron chi connectivity index (χ3n) is 7.23. The number of benzene rings is 1. The van der Waals surface area contributed by atoms with Crippen molar-refractivity contribution in [2.45, 2.75) is 33.1 Å². The maximum absolute atomic E-state index is 13.3. The van der Waals surface area contributed by atoms with E-state index in [0.29, 0.717) is 11.7 Å². The fourth-order valence-corrected chi connectivity index (χ4v) is 5.28. The molecule has 1 amide bonds. The Hall–Kier alpha value is -3.36. The first-order valence-corrected chi connectivity index (χ1v) is 12.2. The summed E-state index contributed by atoms with van der Waals surface area (Å²) in [7, 11) is 1.68. The van der Waals surface area contributed by atoms with Crippen LogP contribution in [0.4, 0.5) is 11.5 Å². The van der Waals surface area contributed by atoms with Gasteiger partial charge in [-0.25, -0.2) is 4.98 Å². The van der Waals surface area contributed by atoms with Gasteiger partial charge in [0.15, 0.2) is 0 Å². The summed E-state index contributed by atoms with van der Waals surface area (Å²) in [6.45, 7) is 9.13. The van der Waals surface area contributed by atoms with E-state index in [1.165, 1.54) is 11.3 Å². The highest BCUT2D eigenvalue weighted by Crippen LogP contribution is 2.29. The first-order valence-electron chi connectivity index (χ1n) is 12.2. The number of methoxy groups -OCH3 is 1. The van der Waals surface area contributed by atoms with Crippen LogP contribution in [0.2, 0.25) is 0 Å². The molecule has 2 aromatic heterocycles. The molecule has 2 saturated heterocycles. The van der Waals surface area contributed by atoms with E-state index in [9.17, 15) is 4.79 Å². The molecule has 9 nitrogen and oxygen atoms in total. The van der Waals surface area contributed by atoms with E-state index in [-0.39, 0.29) is 5.92 Å². The second-order valence-corrected chi connectivity index (χ2v) is 9.10. The van der Waals surface area contributed by atoms with Crippen LogP contribution in [0, 0.1) is 12.8 Å². The highest BCUT2D eigenvalue weighted by atomic mass is 16.5. The fraction of sp³-hybridized carbons (Fsp3) is 0.520. The van der Waals surface area contributed by atoms with Crippen molar-refractivity contribution in [2.24, 2.45) is 5.92 Å². The number of ether oxygens (including phenoxy) is 1. The predicted octanol–water partition coefficient (Wildman–Crippen LogP) is 2.57. The number of hydrogen-bond donors (Lipinski definition) is 0. The van der Waals surface area contributed by atoms with E-state index >= 15 is 0 Å². The zero-order valence-corrected chi connectivity index (χ0v) is 20.3. The highest BCUT2D eigenvalue weighted by molar-refractivity contribution is 5.79. The Balaban J connectivity index is 1.20. The molecule has 2 fully saturated rings. The molecule has 0 unspecified atom stereocenters. The summed E-state index contributed by atoms with van der Waals surface area (Å²) in [5.41, 5.74) is 3.39. The molecular weight excluding hydrogens is 430 g/mol. The standard InChI is InChI=1S/C25H33N7O2/c1-4-22-18(2)28-25-26-17-27-32(25)23(22)30-11-9-19(10-12-30)24(33)31-15-13-29(14-16-31)20-5-7-21(34-3)8-6-20/h5-8,17,19H,4,9-16H2,1-3H3. The molecule has 0 bridgehead atoms. The van der Waals surface area contributed by atoms with Crippen molar-refractivity contribution in [1.82, 2.24) is 24.5 Å². The van der Waals surface area contributed by atoms with Crippen molar-refractivity contribution in [1.29, 1.82) is 0 Å². The SMILES string of the molecule is CCc1c(C)nc2ncnn2c1N1CCC(C(=O)N2CCN(c3ccc(OC)cc3)CC2)CC1. The van der Waals surface area contributed by atoms with Gasteiger partial charge in [-0.15, -0.1) is 0 Å². The van der Waals surface area contributed by atoms with Crippen molar-refractivity contribution >= 4 is 23.2 Å². The van der Waals surface area contributed by atoms with Crippen molar-refractivity contribution in [2.75, 3.05) is 56.2 Å². The first kappa shape index (κ1) is 22.4. The van der Waals surface area contributed by atoms with Gasteiger partial charge in [0.25, 0.3) is 5.78 Å². The molecule has 1 aromatic carbocycles. The molecule has 0 aliphatic carbocycles. The molecule has 34 heavy (non-hydrogen) atoms. The topological polar surface area (TPSA) is 79.1 Å². The minimum atomic E-state index is 0.0861. The lowest BCUT2D eigenvalue weighted by Crippen LogP contribution is -2.51. The zero-order chi connectivity index (χ0) is 23.7. The molecule has 0 spiro atoms. The number of anilines is 2. The summed E-state index contributed by atoms with van der Waals surface area (Å²) in [6, 6.07) is 8.15. The second kappa shape index (κ2) is 9.48. The highest BCUT2D eigenvalue weighted by Gasteiger charge is 2.32. The van der Waals surface area contributed by atoms with E-state index < -0.39 is 0 Å². The molecule has 2 aliphatic rings. The molecule has 0 saturated carbocycles. The Bertz CT molecular complexity index is 1140. The number of amides is 1. The van der Waals surface area contributed by atoms with Crippen molar-refractivity contribution in [3.8, 4) is 5.75 Å². The molecule has 2 aliphatic heterocycles. The summed E-state index contributed by atoms with van der Waals surface area (Å²) in [6.07, 6.45) is 4.17. The van der Waals surface area contributed by atoms with Gasteiger partial charge >= 0.3 is 0 Å². The van der Waals surface area contributed by atoms with Crippen LogP contribution >= 0.6 is 0 Å². The first-order chi connectivity index (χ1) is 16.6. The molecule has 3 aromatic rings. The average molecular weight is 464 g/mol. The lowest BCUT2D eigenvalue weighted by molar-refractivity contribution is -0.136. The molecular formula is C25H33N7O2. The summed E-state index contributed by atoms with van der Waals surface area (Å²) in [5.74, 6) is 2.98. The monoisotopic (exact) mass is 463 g/mol. The van der Waals surface area contributed by atoms with Gasteiger partial charge in [0, 0.05) is 62.1 Å². The van der Waals surface area contributed by atoms with Gasteiger partial charge in [-0.2, -0.15) is 14.6 Å². The number of fused-ring (bicyclic) bond motifs is 1. The number of hydrogen-bond acceptors (Lipinski definition) is 7. The summed E-state index contributed by atoms with van der Waals surface area (Å²) in [5, 5.41) is 4.43. The molecule has 0 radical (unpaired) electrons. The Morgan fingerprint density at radius 2 is 1.74 bits per heavy atom. The normalized spacial score (nSPS) is 17.4. The van der Waals surface area contributed by atoms with E-state index in [4.69, 9.17) is 4.74 Å². The minimum absolute atomic E-state index is 0.0861. The lowest BCUT2D eigenvalue weighted by Gasteiger charge is -2.40. The van der Waals surface area contributed by atoms with E-state index in [1.54, 1.807) is 13.4 Å². The molecule has 180 valence electrons. The maximum Gasteiger partial charge on any atom is 0.254 e. The summed E-state index contributed by atoms with van der Waals surface area (Å²) >= 11 is 0. The third kappa shape index (κ3) is 4.15. The molecule has 9 heteroatoms. The number of aromatic nitrogens is 4. The summed E-state index contributed by atoms with van der Waals surface area (Å²) < 4.78 is 7.11. The zero-order valence-electron chi connectivity index (χ0n) is 20.3. The molecule has 0 N–H and O–H groups in total. The number of nitrogens with zero attached hydrogens (tertiary/aromatic N) is 7. The Morgan fingerprint density at radius 3 is 2.38 bits per heavy atom. The van der Waals surface area contributed by atoms with Gasteiger partial charge in [0.2, 0.25) is 5.91 Å². The number of carbonyl (C=O) groups excluding carboxylic acids is 1. The van der Waals surface area contributed by atoms with Crippen LogP contribution in [0.25, 0.3) is 5.78 Å². The van der Waals surface area contributed by atoms with Gasteiger partial charge in [0.05, 0.1) is 7.11 Å². The van der Waals surface area contributed by atoms with Crippen LogP contribution < -0.4 is 14.5 Å². The van der Waals surface area contributed by atoms with E-state index in [2.05, 4.69) is 48.8 Å². The van der Waals surface area contributed by atoms with Crippen LogP contribution in [0.1, 0.15) is 31.0 Å². The van der Waals surface area contributed by atoms with E-state index in [1.807, 2.05) is 23.6 Å². The second-order valence-electron chi connectivity index (χ2n) is 9.10. The van der Waals surface area contributed by atoms with Crippen molar-refractivity contribution in [3.63, 3.8) is 0 Å². The fourth-order valence-electron chi connectivity index (χ4n) is 5.28. The smallest absolute Gasteiger partial charge is 0.254 e. The van der Waals surface area contributed by atoms with Crippen LogP contribution in [0.5, 0.6) is 5.75 Å². The van der Waals surface area contributed by atoms with E-state index in [0.717, 1.165) is 75.8 Å². The minimum Gasteiger partial charge on any atom is -0.497 e. The number of carbonyl (C=O) groups is 1. The number of rotatable bonds is 5. The average Bonchev–Trinajstić information content (AvgIpc) is 3.35. The van der Waals surface area contributed by atoms with Gasteiger partial charge in [-0.3, -0.25) is 4.79 Å². The van der Waals surface area contributed by atoms with Gasteiger partial charge in [-0.1, -0.05) is 6.92 Å². The van der Waals surface area contributed by atoms with Crippen LogP contribution in [-0.4, -0.2) is 76.8 Å². The predicted molar refractivity (Wildman–Crippen MR) is 132 cm³/mol. The Kier molecular flexibility index (Phi) is 6.26. The largest absolute Gasteiger partial charge is 0.497 e. The molecule has 4 heterocycles. The Labute approximate surface area is 200 Å². The van der Waals surface area contributed by atoms with Gasteiger partial charge < -0.3 is 19.4 Å². The van der Waals surface area contributed by atoms with Crippen LogP contribution in [-0.2, 0) is 11.2 Å². The quantitative estimate of drug-likeness (QED) is 0.575. The number of piperidine rings is 1. The Morgan fingerprint density at radius 1 is 1.03 bits per heavy atom. The maximum atomic E-state index is 13.3. The summed E-state index contributed by atoms with van der Waals surface area (Å²) in [4.78, 5) is 29.0. The molecule has 5 rings (SSSR count). The third-order valence-corrected chi connectivity index (χ3v) is 7.23. The van der Waals surface area contributed by atoms with Crippen molar-refractivity contribution in [3.05, 3.63) is 41.9 Å². The van der Waals surface area contributed by atoms with Crippen LogP contribution in [0.15, 0.2) is 30.6 Å². The number of aryl methyl sites for hydroxylation is 1. The van der Waals surface area contributed by atoms with Crippen LogP contribution in [0.3, 0.4) is 0 Å². The number of piperazine rings is 1. The van der Waals surface area contributed by atoms with Crippen molar-refractivity contribution < 1.29 is 9.53 Å². The van der Waals surface area contributed by atoms with Gasteiger partial charge in [-0.05, 0) is 50.5 Å². The lowest BCUT2D eigenvalue weighted by atomic mass is 9.94.